The molecule has 3 rings (SSSR count). The second-order valence-electron chi connectivity index (χ2n) is 5.40. The van der Waals surface area contributed by atoms with Crippen molar-refractivity contribution in [3.8, 4) is 5.69 Å². The summed E-state index contributed by atoms with van der Waals surface area (Å²) in [7, 11) is 0. The van der Waals surface area contributed by atoms with Gasteiger partial charge in [-0.05, 0) is 41.4 Å². The van der Waals surface area contributed by atoms with Crippen molar-refractivity contribution in [2.75, 3.05) is 13.1 Å². The van der Waals surface area contributed by atoms with Crippen LogP contribution in [0.25, 0.3) is 5.69 Å². The summed E-state index contributed by atoms with van der Waals surface area (Å²) in [6.45, 7) is 3.34. The molecule has 1 unspecified atom stereocenters. The molecule has 1 fully saturated rings. The van der Waals surface area contributed by atoms with E-state index in [4.69, 9.17) is 5.73 Å². The summed E-state index contributed by atoms with van der Waals surface area (Å²) in [6.07, 6.45) is 0.853. The molecule has 1 aromatic carbocycles. The van der Waals surface area contributed by atoms with Gasteiger partial charge < -0.3 is 10.6 Å². The van der Waals surface area contributed by atoms with Gasteiger partial charge in [0.2, 0.25) is 0 Å². The molecule has 6 heteroatoms. The van der Waals surface area contributed by atoms with Crippen molar-refractivity contribution in [2.45, 2.75) is 19.4 Å². The predicted octanol–water partition coefficient (Wildman–Crippen LogP) is 2.12. The van der Waals surface area contributed by atoms with Crippen LogP contribution in [-0.4, -0.2) is 39.7 Å². The van der Waals surface area contributed by atoms with Gasteiger partial charge in [-0.1, -0.05) is 17.7 Å². The molecular weight excluding hydrogens is 332 g/mol. The molecule has 1 atom stereocenters. The van der Waals surface area contributed by atoms with Crippen LogP contribution in [0.1, 0.15) is 22.5 Å². The lowest BCUT2D eigenvalue weighted by Gasteiger charge is -2.16. The SMILES string of the molecule is Cc1ccc(-n2nc(Br)cc2C(=O)N2CCC(N)C2)cc1. The van der Waals surface area contributed by atoms with E-state index in [9.17, 15) is 4.79 Å². The Bertz CT molecular complexity index is 665. The Morgan fingerprint density at radius 1 is 1.38 bits per heavy atom. The number of rotatable bonds is 2. The second kappa shape index (κ2) is 5.61. The predicted molar refractivity (Wildman–Crippen MR) is 84.5 cm³/mol. The number of aromatic nitrogens is 2. The molecule has 0 spiro atoms. The van der Waals surface area contributed by atoms with E-state index in [1.165, 1.54) is 5.56 Å². The quantitative estimate of drug-likeness (QED) is 0.903. The minimum Gasteiger partial charge on any atom is -0.336 e. The summed E-state index contributed by atoms with van der Waals surface area (Å²) in [4.78, 5) is 14.4. The van der Waals surface area contributed by atoms with Crippen molar-refractivity contribution in [1.29, 1.82) is 0 Å². The van der Waals surface area contributed by atoms with Gasteiger partial charge in [0, 0.05) is 25.2 Å². The normalized spacial score (nSPS) is 18.2. The van der Waals surface area contributed by atoms with Crippen molar-refractivity contribution in [2.24, 2.45) is 5.73 Å². The largest absolute Gasteiger partial charge is 0.336 e. The van der Waals surface area contributed by atoms with E-state index in [0.29, 0.717) is 23.4 Å². The topological polar surface area (TPSA) is 64.2 Å². The highest BCUT2D eigenvalue weighted by Crippen LogP contribution is 2.20. The third kappa shape index (κ3) is 2.87. The van der Waals surface area contributed by atoms with Gasteiger partial charge in [0.05, 0.1) is 5.69 Å². The van der Waals surface area contributed by atoms with E-state index in [0.717, 1.165) is 12.1 Å². The van der Waals surface area contributed by atoms with Gasteiger partial charge in [0.1, 0.15) is 10.3 Å². The van der Waals surface area contributed by atoms with Crippen molar-refractivity contribution < 1.29 is 4.79 Å². The molecule has 1 saturated heterocycles. The van der Waals surface area contributed by atoms with Crippen LogP contribution in [0.15, 0.2) is 34.9 Å². The number of amides is 1. The second-order valence-corrected chi connectivity index (χ2v) is 6.21. The number of nitrogens with zero attached hydrogens (tertiary/aromatic N) is 3. The molecular formula is C15H17BrN4O. The smallest absolute Gasteiger partial charge is 0.272 e. The number of carbonyl (C=O) groups excluding carboxylic acids is 1. The zero-order valence-corrected chi connectivity index (χ0v) is 13.4. The van der Waals surface area contributed by atoms with E-state index < -0.39 is 0 Å². The van der Waals surface area contributed by atoms with Crippen LogP contribution in [-0.2, 0) is 0 Å². The maximum atomic E-state index is 12.7. The van der Waals surface area contributed by atoms with Gasteiger partial charge >= 0.3 is 0 Å². The average molecular weight is 349 g/mol. The fraction of sp³-hybridized carbons (Fsp3) is 0.333. The van der Waals surface area contributed by atoms with Crippen molar-refractivity contribution in [3.05, 3.63) is 46.2 Å². The lowest BCUT2D eigenvalue weighted by Crippen LogP contribution is -2.33. The molecule has 1 aliphatic heterocycles. The number of hydrogen-bond donors (Lipinski definition) is 1. The summed E-state index contributed by atoms with van der Waals surface area (Å²) in [5.41, 5.74) is 8.48. The molecule has 2 heterocycles. The van der Waals surface area contributed by atoms with Crippen LogP contribution in [0.2, 0.25) is 0 Å². The third-order valence-corrected chi connectivity index (χ3v) is 4.08. The molecule has 0 bridgehead atoms. The number of carbonyl (C=O) groups is 1. The van der Waals surface area contributed by atoms with Gasteiger partial charge in [-0.2, -0.15) is 5.10 Å². The Hall–Kier alpha value is -1.66. The average Bonchev–Trinajstić information content (AvgIpc) is 3.05. The molecule has 110 valence electrons. The first-order valence-corrected chi connectivity index (χ1v) is 7.71. The first kappa shape index (κ1) is 14.3. The summed E-state index contributed by atoms with van der Waals surface area (Å²) in [5.74, 6) is -0.0262. The number of halogens is 1. The highest BCUT2D eigenvalue weighted by atomic mass is 79.9. The van der Waals surface area contributed by atoms with Crippen molar-refractivity contribution in [3.63, 3.8) is 0 Å². The van der Waals surface area contributed by atoms with E-state index in [2.05, 4.69) is 21.0 Å². The van der Waals surface area contributed by atoms with E-state index >= 15 is 0 Å². The van der Waals surface area contributed by atoms with Gasteiger partial charge in [-0.15, -0.1) is 0 Å². The van der Waals surface area contributed by atoms with Crippen LogP contribution in [0.3, 0.4) is 0 Å². The van der Waals surface area contributed by atoms with Crippen LogP contribution < -0.4 is 5.73 Å². The van der Waals surface area contributed by atoms with Crippen LogP contribution in [0.5, 0.6) is 0 Å². The Labute approximate surface area is 131 Å². The molecule has 1 aromatic heterocycles. The van der Waals surface area contributed by atoms with Crippen molar-refractivity contribution >= 4 is 21.8 Å². The minimum absolute atomic E-state index is 0.0262. The summed E-state index contributed by atoms with van der Waals surface area (Å²) in [6, 6.07) is 9.76. The highest BCUT2D eigenvalue weighted by molar-refractivity contribution is 9.10. The number of aryl methyl sites for hydroxylation is 1. The summed E-state index contributed by atoms with van der Waals surface area (Å²) in [5, 5.41) is 4.38. The molecule has 5 nitrogen and oxygen atoms in total. The highest BCUT2D eigenvalue weighted by Gasteiger charge is 2.27. The maximum absolute atomic E-state index is 12.7. The number of hydrogen-bond acceptors (Lipinski definition) is 3. The molecule has 2 aromatic rings. The Morgan fingerprint density at radius 2 is 2.10 bits per heavy atom. The van der Waals surface area contributed by atoms with Gasteiger partial charge in [-0.25, -0.2) is 4.68 Å². The molecule has 0 aliphatic carbocycles. The van der Waals surface area contributed by atoms with Gasteiger partial charge in [0.15, 0.2) is 0 Å². The zero-order chi connectivity index (χ0) is 15.0. The first-order valence-electron chi connectivity index (χ1n) is 6.92. The number of likely N-dealkylation sites (tertiary alicyclic amines) is 1. The molecule has 2 N–H and O–H groups in total. The van der Waals surface area contributed by atoms with Gasteiger partial charge in [-0.3, -0.25) is 4.79 Å². The Kier molecular flexibility index (Phi) is 3.82. The monoisotopic (exact) mass is 348 g/mol. The number of nitrogens with two attached hydrogens (primary N) is 1. The Morgan fingerprint density at radius 3 is 2.71 bits per heavy atom. The summed E-state index contributed by atoms with van der Waals surface area (Å²) >= 11 is 3.36. The molecule has 1 amide bonds. The summed E-state index contributed by atoms with van der Waals surface area (Å²) < 4.78 is 2.32. The number of benzene rings is 1. The van der Waals surface area contributed by atoms with Crippen LogP contribution in [0, 0.1) is 6.92 Å². The molecule has 0 saturated carbocycles. The van der Waals surface area contributed by atoms with E-state index in [1.54, 1.807) is 15.6 Å². The standard InChI is InChI=1S/C15H17BrN4O/c1-10-2-4-12(5-3-10)20-13(8-14(16)18-20)15(21)19-7-6-11(17)9-19/h2-5,8,11H,6-7,9,17H2,1H3. The van der Waals surface area contributed by atoms with Gasteiger partial charge in [0.25, 0.3) is 5.91 Å². The van der Waals surface area contributed by atoms with E-state index in [-0.39, 0.29) is 11.9 Å². The van der Waals surface area contributed by atoms with Crippen LogP contribution in [0.4, 0.5) is 0 Å². The molecule has 0 radical (unpaired) electrons. The minimum atomic E-state index is -0.0262. The lowest BCUT2D eigenvalue weighted by molar-refractivity contribution is 0.0782. The first-order chi connectivity index (χ1) is 10.0. The molecule has 1 aliphatic rings. The molecule has 21 heavy (non-hydrogen) atoms. The van der Waals surface area contributed by atoms with Crippen molar-refractivity contribution in [1.82, 2.24) is 14.7 Å². The fourth-order valence-corrected chi connectivity index (χ4v) is 2.90. The maximum Gasteiger partial charge on any atom is 0.272 e. The zero-order valence-electron chi connectivity index (χ0n) is 11.8. The Balaban J connectivity index is 1.96. The lowest BCUT2D eigenvalue weighted by atomic mass is 10.2. The fourth-order valence-electron chi connectivity index (χ4n) is 2.52. The third-order valence-electron chi connectivity index (χ3n) is 3.69. The van der Waals surface area contributed by atoms with Crippen LogP contribution >= 0.6 is 15.9 Å². The van der Waals surface area contributed by atoms with E-state index in [1.807, 2.05) is 31.2 Å².